The molecule has 5 heteroatoms. The fraction of sp³-hybridized carbons (Fsp3) is 0.667. The van der Waals surface area contributed by atoms with Crippen molar-refractivity contribution in [2.24, 2.45) is 0 Å². The van der Waals surface area contributed by atoms with Crippen molar-refractivity contribution < 1.29 is 14.3 Å². The molecule has 1 heterocycles. The van der Waals surface area contributed by atoms with Gasteiger partial charge in [0.1, 0.15) is 15.5 Å². The number of nitrogens with zero attached hydrogens (tertiary/aromatic N) is 1. The van der Waals surface area contributed by atoms with Crippen molar-refractivity contribution in [3.8, 4) is 0 Å². The lowest BCUT2D eigenvalue weighted by Crippen LogP contribution is -2.26. The molecule has 1 rings (SSSR count). The Balaban J connectivity index is 3.19. The molecule has 0 saturated heterocycles. The molecule has 0 fully saturated rings. The lowest BCUT2D eigenvalue weighted by Gasteiger charge is -2.27. The number of esters is 1. The molecule has 0 spiro atoms. The van der Waals surface area contributed by atoms with Crippen molar-refractivity contribution in [1.29, 1.82) is 0 Å². The first-order valence-corrected chi connectivity index (χ1v) is 6.47. The zero-order chi connectivity index (χ0) is 13.1. The normalized spacial score (nSPS) is 11.6. The van der Waals surface area contributed by atoms with Crippen LogP contribution in [0.4, 0.5) is 0 Å². The highest BCUT2D eigenvalue weighted by molar-refractivity contribution is 7.13. The molecule has 0 atom stereocenters. The van der Waals surface area contributed by atoms with Gasteiger partial charge in [-0.2, -0.15) is 0 Å². The maximum absolute atomic E-state index is 11.5. The Morgan fingerprint density at radius 2 is 1.94 bits per heavy atom. The molecule has 0 aliphatic heterocycles. The first-order chi connectivity index (χ1) is 8.04. The fourth-order valence-electron chi connectivity index (χ4n) is 1.80. The molecule has 0 aromatic carbocycles. The first kappa shape index (κ1) is 14.1. The van der Waals surface area contributed by atoms with E-state index in [1.165, 1.54) is 18.4 Å². The van der Waals surface area contributed by atoms with Gasteiger partial charge in [0.05, 0.1) is 12.8 Å². The average Bonchev–Trinajstić information content (AvgIpc) is 2.74. The number of hydrogen-bond acceptors (Lipinski definition) is 5. The number of carbonyl (C=O) groups excluding carboxylic acids is 1. The molecule has 0 radical (unpaired) electrons. The molecule has 0 bridgehead atoms. The number of aryl methyl sites for hydroxylation is 1. The predicted octanol–water partition coefficient (Wildman–Crippen LogP) is 2.90. The molecule has 0 aliphatic rings. The Hall–Kier alpha value is -0.940. The summed E-state index contributed by atoms with van der Waals surface area (Å²) in [5.74, 6) is -0.330. The van der Waals surface area contributed by atoms with Crippen molar-refractivity contribution in [1.82, 2.24) is 4.98 Å². The van der Waals surface area contributed by atoms with E-state index in [-0.39, 0.29) is 11.6 Å². The van der Waals surface area contributed by atoms with Crippen molar-refractivity contribution in [3.05, 3.63) is 15.6 Å². The summed E-state index contributed by atoms with van der Waals surface area (Å²) in [6, 6.07) is 0. The van der Waals surface area contributed by atoms with Crippen molar-refractivity contribution >= 4 is 17.3 Å². The molecule has 0 aliphatic carbocycles. The third-order valence-electron chi connectivity index (χ3n) is 3.09. The van der Waals surface area contributed by atoms with E-state index in [0.29, 0.717) is 10.6 Å². The maximum atomic E-state index is 11.5. The van der Waals surface area contributed by atoms with Crippen molar-refractivity contribution in [2.45, 2.75) is 39.2 Å². The smallest absolute Gasteiger partial charge is 0.349 e. The van der Waals surface area contributed by atoms with Gasteiger partial charge in [-0.05, 0) is 19.8 Å². The van der Waals surface area contributed by atoms with Crippen LogP contribution in [0.1, 0.15) is 47.1 Å². The van der Waals surface area contributed by atoms with Gasteiger partial charge < -0.3 is 9.47 Å². The fourth-order valence-corrected chi connectivity index (χ4v) is 3.10. The third-order valence-corrected chi connectivity index (χ3v) is 4.41. The van der Waals surface area contributed by atoms with Crippen LogP contribution in [-0.4, -0.2) is 25.2 Å². The van der Waals surface area contributed by atoms with Gasteiger partial charge in [0.25, 0.3) is 0 Å². The highest BCUT2D eigenvalue weighted by atomic mass is 32.1. The van der Waals surface area contributed by atoms with E-state index in [4.69, 9.17) is 9.47 Å². The Bertz CT molecular complexity index is 388. The Morgan fingerprint density at radius 3 is 2.35 bits per heavy atom. The third kappa shape index (κ3) is 2.50. The van der Waals surface area contributed by atoms with E-state index in [0.717, 1.165) is 17.8 Å². The van der Waals surface area contributed by atoms with E-state index in [1.54, 1.807) is 7.11 Å². The Kier molecular flexibility index (Phi) is 4.65. The van der Waals surface area contributed by atoms with Gasteiger partial charge in [0, 0.05) is 7.11 Å². The Labute approximate surface area is 106 Å². The minimum atomic E-state index is -0.387. The predicted molar refractivity (Wildman–Crippen MR) is 67.5 cm³/mol. The van der Waals surface area contributed by atoms with Crippen LogP contribution in [0.5, 0.6) is 0 Å². The van der Waals surface area contributed by atoms with Gasteiger partial charge in [-0.3, -0.25) is 0 Å². The quantitative estimate of drug-likeness (QED) is 0.761. The number of methoxy groups -OCH3 is 2. The molecule has 17 heavy (non-hydrogen) atoms. The maximum Gasteiger partial charge on any atom is 0.349 e. The number of carbonyl (C=O) groups is 1. The van der Waals surface area contributed by atoms with E-state index in [1.807, 2.05) is 6.92 Å². The average molecular weight is 257 g/mol. The van der Waals surface area contributed by atoms with Crippen LogP contribution >= 0.6 is 11.3 Å². The summed E-state index contributed by atoms with van der Waals surface area (Å²) in [5, 5.41) is 0.850. The minimum Gasteiger partial charge on any atom is -0.465 e. The second-order valence-electron chi connectivity index (χ2n) is 3.83. The number of thiazole rings is 1. The molecule has 0 saturated carbocycles. The zero-order valence-electron chi connectivity index (χ0n) is 11.0. The molecular formula is C12H19NO3S. The van der Waals surface area contributed by atoms with E-state index >= 15 is 0 Å². The van der Waals surface area contributed by atoms with Crippen LogP contribution in [0, 0.1) is 6.92 Å². The largest absolute Gasteiger partial charge is 0.465 e. The van der Waals surface area contributed by atoms with Gasteiger partial charge in [-0.1, -0.05) is 13.8 Å². The van der Waals surface area contributed by atoms with Gasteiger partial charge in [0.15, 0.2) is 0 Å². The number of hydrogen-bond donors (Lipinski definition) is 0. The van der Waals surface area contributed by atoms with Gasteiger partial charge in [-0.25, -0.2) is 9.78 Å². The Morgan fingerprint density at radius 1 is 1.35 bits per heavy atom. The van der Waals surface area contributed by atoms with Gasteiger partial charge >= 0.3 is 5.97 Å². The lowest BCUT2D eigenvalue weighted by atomic mass is 9.98. The summed E-state index contributed by atoms with van der Waals surface area (Å²) < 4.78 is 10.3. The summed E-state index contributed by atoms with van der Waals surface area (Å²) in [6.45, 7) is 5.93. The summed E-state index contributed by atoms with van der Waals surface area (Å²) in [5.41, 5.74) is 0.321. The van der Waals surface area contributed by atoms with Crippen LogP contribution in [0.2, 0.25) is 0 Å². The second-order valence-corrected chi connectivity index (χ2v) is 4.83. The van der Waals surface area contributed by atoms with Gasteiger partial charge in [-0.15, -0.1) is 11.3 Å². The molecule has 96 valence electrons. The van der Waals surface area contributed by atoms with Crippen LogP contribution in [-0.2, 0) is 15.1 Å². The second kappa shape index (κ2) is 5.60. The lowest BCUT2D eigenvalue weighted by molar-refractivity contribution is -0.0219. The number of aromatic nitrogens is 1. The van der Waals surface area contributed by atoms with Crippen molar-refractivity contribution in [3.63, 3.8) is 0 Å². The highest BCUT2D eigenvalue weighted by Crippen LogP contribution is 2.36. The number of ether oxygens (including phenoxy) is 2. The molecular weight excluding hydrogens is 238 g/mol. The summed E-state index contributed by atoms with van der Waals surface area (Å²) >= 11 is 1.36. The summed E-state index contributed by atoms with van der Waals surface area (Å²) in [6.07, 6.45) is 1.65. The zero-order valence-corrected chi connectivity index (χ0v) is 11.8. The monoisotopic (exact) mass is 257 g/mol. The molecule has 0 amide bonds. The van der Waals surface area contributed by atoms with E-state index in [9.17, 15) is 4.79 Å². The molecule has 0 unspecified atom stereocenters. The molecule has 1 aromatic heterocycles. The van der Waals surface area contributed by atoms with Crippen LogP contribution in [0.15, 0.2) is 0 Å². The molecule has 0 N–H and O–H groups in total. The van der Waals surface area contributed by atoms with E-state index in [2.05, 4.69) is 18.8 Å². The minimum absolute atomic E-state index is 0.330. The number of rotatable bonds is 5. The molecule has 1 aromatic rings. The highest BCUT2D eigenvalue weighted by Gasteiger charge is 2.33. The van der Waals surface area contributed by atoms with Crippen LogP contribution in [0.25, 0.3) is 0 Å². The standard InChI is InChI=1S/C12H19NO3S/c1-6-12(7-2,16-5)11-13-8(3)9(17-11)10(14)15-4/h6-7H2,1-5H3. The van der Waals surface area contributed by atoms with Gasteiger partial charge in [0.2, 0.25) is 0 Å². The van der Waals surface area contributed by atoms with Crippen LogP contribution < -0.4 is 0 Å². The van der Waals surface area contributed by atoms with E-state index < -0.39 is 0 Å². The topological polar surface area (TPSA) is 48.4 Å². The molecule has 4 nitrogen and oxygen atoms in total. The SMILES string of the molecule is CCC(CC)(OC)c1nc(C)c(C(=O)OC)s1. The van der Waals surface area contributed by atoms with Crippen molar-refractivity contribution in [2.75, 3.05) is 14.2 Å². The first-order valence-electron chi connectivity index (χ1n) is 5.66. The summed E-state index contributed by atoms with van der Waals surface area (Å²) in [7, 11) is 3.06. The van der Waals surface area contributed by atoms with Crippen LogP contribution in [0.3, 0.4) is 0 Å². The summed E-state index contributed by atoms with van der Waals surface area (Å²) in [4.78, 5) is 16.6.